The van der Waals surface area contributed by atoms with E-state index in [0.29, 0.717) is 6.61 Å². The third-order valence-electron chi connectivity index (χ3n) is 2.26. The van der Waals surface area contributed by atoms with Crippen LogP contribution < -0.4 is 0 Å². The summed E-state index contributed by atoms with van der Waals surface area (Å²) in [5, 5.41) is 9.76. The van der Waals surface area contributed by atoms with Crippen molar-refractivity contribution >= 4 is 5.97 Å². The Bertz CT molecular complexity index is 319. The Morgan fingerprint density at radius 2 is 2.24 bits per heavy atom. The molecule has 1 aliphatic rings. The maximum absolute atomic E-state index is 10.7. The van der Waals surface area contributed by atoms with Gasteiger partial charge in [0.1, 0.15) is 12.2 Å². The van der Waals surface area contributed by atoms with Crippen LogP contribution >= 0.6 is 0 Å². The van der Waals surface area contributed by atoms with E-state index in [1.54, 1.807) is 19.9 Å². The molecule has 1 rings (SSSR count). The number of esters is 1. The average Bonchev–Trinajstić information content (AvgIpc) is 2.64. The highest BCUT2D eigenvalue weighted by molar-refractivity contribution is 5.82. The minimum atomic E-state index is -0.765. The lowest BCUT2D eigenvalue weighted by Gasteiger charge is -2.18. The predicted octanol–water partition coefficient (Wildman–Crippen LogP) is 0.784. The summed E-state index contributed by atoms with van der Waals surface area (Å²) in [6.07, 6.45) is 4.71. The maximum Gasteiger partial charge on any atom is 0.330 e. The van der Waals surface area contributed by atoms with Gasteiger partial charge in [-0.05, 0) is 13.8 Å². The predicted molar refractivity (Wildman–Crippen MR) is 61.2 cm³/mol. The molecule has 0 aliphatic carbocycles. The Kier molecular flexibility index (Phi) is 4.86. The molecule has 0 radical (unpaired) electrons. The molecule has 0 aromatic heterocycles. The van der Waals surface area contributed by atoms with Gasteiger partial charge in [0.05, 0.1) is 13.7 Å². The molecule has 1 N–H and O–H groups in total. The first-order chi connectivity index (χ1) is 7.94. The van der Waals surface area contributed by atoms with Gasteiger partial charge in [0.2, 0.25) is 0 Å². The number of hydrogen-bond donors (Lipinski definition) is 1. The molecule has 1 heterocycles. The number of aliphatic hydroxyl groups is 1. The first-order valence-electron chi connectivity index (χ1n) is 5.37. The highest BCUT2D eigenvalue weighted by atomic mass is 16.7. The number of allylic oxidation sites excluding steroid dienone is 2. The van der Waals surface area contributed by atoms with E-state index in [9.17, 15) is 9.90 Å². The molecule has 2 atom stereocenters. The van der Waals surface area contributed by atoms with E-state index in [1.807, 2.05) is 0 Å². The van der Waals surface area contributed by atoms with Gasteiger partial charge in [-0.2, -0.15) is 0 Å². The molecule has 1 saturated heterocycles. The Morgan fingerprint density at radius 3 is 2.76 bits per heavy atom. The minimum Gasteiger partial charge on any atom is -0.466 e. The Morgan fingerprint density at radius 1 is 1.53 bits per heavy atom. The summed E-state index contributed by atoms with van der Waals surface area (Å²) >= 11 is 0. The molecule has 5 heteroatoms. The monoisotopic (exact) mass is 242 g/mol. The second-order valence-corrected chi connectivity index (χ2v) is 4.12. The lowest BCUT2D eigenvalue weighted by atomic mass is 10.2. The SMILES string of the molecule is COC(=O)/C=C/C=C/[C@H](O)[C@H]1COC(C)(C)O1. The molecular weight excluding hydrogens is 224 g/mol. The van der Waals surface area contributed by atoms with E-state index < -0.39 is 17.9 Å². The zero-order valence-corrected chi connectivity index (χ0v) is 10.3. The van der Waals surface area contributed by atoms with Crippen LogP contribution in [0, 0.1) is 0 Å². The summed E-state index contributed by atoms with van der Waals surface area (Å²) in [7, 11) is 1.30. The van der Waals surface area contributed by atoms with Gasteiger partial charge in [0, 0.05) is 6.08 Å². The number of ether oxygens (including phenoxy) is 3. The molecule has 0 unspecified atom stereocenters. The van der Waals surface area contributed by atoms with Gasteiger partial charge in [0.15, 0.2) is 5.79 Å². The highest BCUT2D eigenvalue weighted by Crippen LogP contribution is 2.24. The number of rotatable bonds is 4. The largest absolute Gasteiger partial charge is 0.466 e. The lowest BCUT2D eigenvalue weighted by Crippen LogP contribution is -2.29. The molecule has 96 valence electrons. The third kappa shape index (κ3) is 4.68. The van der Waals surface area contributed by atoms with Crippen LogP contribution in [0.2, 0.25) is 0 Å². The number of carbonyl (C=O) groups is 1. The van der Waals surface area contributed by atoms with Crippen LogP contribution in [0.25, 0.3) is 0 Å². The van der Waals surface area contributed by atoms with Crippen molar-refractivity contribution in [1.82, 2.24) is 0 Å². The topological polar surface area (TPSA) is 65.0 Å². The molecule has 1 fully saturated rings. The lowest BCUT2D eigenvalue weighted by molar-refractivity contribution is -0.147. The van der Waals surface area contributed by atoms with Crippen LogP contribution in [0.3, 0.4) is 0 Å². The molecule has 0 spiro atoms. The second kappa shape index (κ2) is 5.95. The normalized spacial score (nSPS) is 25.5. The van der Waals surface area contributed by atoms with Crippen molar-refractivity contribution in [2.45, 2.75) is 31.8 Å². The van der Waals surface area contributed by atoms with Crippen molar-refractivity contribution in [3.05, 3.63) is 24.3 Å². The van der Waals surface area contributed by atoms with E-state index in [2.05, 4.69) is 4.74 Å². The van der Waals surface area contributed by atoms with E-state index in [1.165, 1.54) is 25.3 Å². The molecule has 0 aromatic rings. The first-order valence-corrected chi connectivity index (χ1v) is 5.37. The maximum atomic E-state index is 10.7. The molecular formula is C12H18O5. The minimum absolute atomic E-state index is 0.346. The van der Waals surface area contributed by atoms with Crippen LogP contribution in [0.4, 0.5) is 0 Å². The van der Waals surface area contributed by atoms with E-state index in [4.69, 9.17) is 9.47 Å². The van der Waals surface area contributed by atoms with Gasteiger partial charge < -0.3 is 19.3 Å². The molecule has 0 amide bonds. The smallest absolute Gasteiger partial charge is 0.330 e. The van der Waals surface area contributed by atoms with Crippen LogP contribution in [-0.4, -0.2) is 42.8 Å². The van der Waals surface area contributed by atoms with Gasteiger partial charge >= 0.3 is 5.97 Å². The van der Waals surface area contributed by atoms with E-state index in [-0.39, 0.29) is 6.10 Å². The first kappa shape index (κ1) is 13.9. The summed E-state index contributed by atoms with van der Waals surface area (Å²) in [6.45, 7) is 3.93. The van der Waals surface area contributed by atoms with Gasteiger partial charge in [-0.25, -0.2) is 4.79 Å². The summed E-state index contributed by atoms with van der Waals surface area (Å²) in [4.78, 5) is 10.7. The number of aliphatic hydroxyl groups excluding tert-OH is 1. The Labute approximate surface area is 101 Å². The number of carbonyl (C=O) groups excluding carboxylic acids is 1. The van der Waals surface area contributed by atoms with E-state index in [0.717, 1.165) is 0 Å². The Balaban J connectivity index is 2.39. The Hall–Kier alpha value is -1.17. The van der Waals surface area contributed by atoms with Crippen LogP contribution in [-0.2, 0) is 19.0 Å². The van der Waals surface area contributed by atoms with Gasteiger partial charge in [-0.1, -0.05) is 18.2 Å². The van der Waals surface area contributed by atoms with Gasteiger partial charge in [0.25, 0.3) is 0 Å². The van der Waals surface area contributed by atoms with Crippen molar-refractivity contribution < 1.29 is 24.1 Å². The zero-order chi connectivity index (χ0) is 12.9. The fourth-order valence-corrected chi connectivity index (χ4v) is 1.39. The molecule has 0 aromatic carbocycles. The van der Waals surface area contributed by atoms with Crippen molar-refractivity contribution in [3.8, 4) is 0 Å². The van der Waals surface area contributed by atoms with Gasteiger partial charge in [-0.15, -0.1) is 0 Å². The standard InChI is InChI=1S/C12H18O5/c1-12(2)16-8-10(17-12)9(13)6-4-5-7-11(14)15-3/h4-7,9-10,13H,8H2,1-3H3/b6-4+,7-5+/t9-,10+/m0/s1. The molecule has 0 saturated carbocycles. The fraction of sp³-hybridized carbons (Fsp3) is 0.583. The summed E-state index contributed by atoms with van der Waals surface area (Å²) in [5.74, 6) is -1.09. The molecule has 1 aliphatic heterocycles. The molecule has 0 bridgehead atoms. The molecule has 17 heavy (non-hydrogen) atoms. The second-order valence-electron chi connectivity index (χ2n) is 4.12. The summed E-state index contributed by atoms with van der Waals surface area (Å²) in [5.41, 5.74) is 0. The third-order valence-corrected chi connectivity index (χ3v) is 2.26. The summed E-state index contributed by atoms with van der Waals surface area (Å²) in [6, 6.07) is 0. The quantitative estimate of drug-likeness (QED) is 0.448. The number of methoxy groups -OCH3 is 1. The average molecular weight is 242 g/mol. The zero-order valence-electron chi connectivity index (χ0n) is 10.3. The summed E-state index contributed by atoms with van der Waals surface area (Å²) < 4.78 is 15.2. The van der Waals surface area contributed by atoms with Crippen LogP contribution in [0.1, 0.15) is 13.8 Å². The van der Waals surface area contributed by atoms with Crippen molar-refractivity contribution in [1.29, 1.82) is 0 Å². The van der Waals surface area contributed by atoms with Crippen LogP contribution in [0.15, 0.2) is 24.3 Å². The van der Waals surface area contributed by atoms with Crippen molar-refractivity contribution in [2.24, 2.45) is 0 Å². The van der Waals surface area contributed by atoms with E-state index >= 15 is 0 Å². The van der Waals surface area contributed by atoms with Crippen molar-refractivity contribution in [3.63, 3.8) is 0 Å². The number of hydrogen-bond acceptors (Lipinski definition) is 5. The fourth-order valence-electron chi connectivity index (χ4n) is 1.39. The van der Waals surface area contributed by atoms with Crippen molar-refractivity contribution in [2.75, 3.05) is 13.7 Å². The van der Waals surface area contributed by atoms with Crippen LogP contribution in [0.5, 0.6) is 0 Å². The molecule has 5 nitrogen and oxygen atoms in total. The highest BCUT2D eigenvalue weighted by Gasteiger charge is 2.35. The van der Waals surface area contributed by atoms with Gasteiger partial charge in [-0.3, -0.25) is 0 Å².